The predicted octanol–water partition coefficient (Wildman–Crippen LogP) is 5.20. The molecule has 2 rings (SSSR count). The van der Waals surface area contributed by atoms with Crippen molar-refractivity contribution >= 4 is 12.0 Å². The van der Waals surface area contributed by atoms with Crippen molar-refractivity contribution in [3.63, 3.8) is 0 Å². The van der Waals surface area contributed by atoms with Crippen molar-refractivity contribution in [1.29, 1.82) is 0 Å². The van der Waals surface area contributed by atoms with Gasteiger partial charge in [-0.05, 0) is 49.9 Å². The largest absolute Gasteiger partial charge is 0.472 e. The van der Waals surface area contributed by atoms with Crippen LogP contribution in [0.4, 0.5) is 0 Å². The molecule has 0 fully saturated rings. The zero-order valence-electron chi connectivity index (χ0n) is 12.2. The molecule has 0 amide bonds. The summed E-state index contributed by atoms with van der Waals surface area (Å²) in [5, 5.41) is 0. The molecule has 0 saturated heterocycles. The third-order valence-electron chi connectivity index (χ3n) is 3.04. The van der Waals surface area contributed by atoms with E-state index in [-0.39, 0.29) is 0 Å². The SMILES string of the molecule is C/C(=C\COOSc1ccccc1)CCCc1ccoc1. The van der Waals surface area contributed by atoms with Gasteiger partial charge in [-0.25, -0.2) is 4.89 Å². The van der Waals surface area contributed by atoms with Gasteiger partial charge in [0.1, 0.15) is 6.61 Å². The first-order valence-electron chi connectivity index (χ1n) is 7.02. The van der Waals surface area contributed by atoms with Crippen LogP contribution in [-0.2, 0) is 15.6 Å². The van der Waals surface area contributed by atoms with Gasteiger partial charge >= 0.3 is 0 Å². The van der Waals surface area contributed by atoms with Crippen molar-refractivity contribution < 1.29 is 13.6 Å². The van der Waals surface area contributed by atoms with Crippen LogP contribution in [-0.4, -0.2) is 6.61 Å². The van der Waals surface area contributed by atoms with Crippen LogP contribution in [0.25, 0.3) is 0 Å². The van der Waals surface area contributed by atoms with Gasteiger partial charge in [-0.15, -0.1) is 0 Å². The van der Waals surface area contributed by atoms with Gasteiger partial charge in [0.05, 0.1) is 24.6 Å². The van der Waals surface area contributed by atoms with Gasteiger partial charge in [0, 0.05) is 4.90 Å². The molecule has 0 aliphatic carbocycles. The summed E-state index contributed by atoms with van der Waals surface area (Å²) in [4.78, 5) is 6.16. The maximum Gasteiger partial charge on any atom is 0.102 e. The van der Waals surface area contributed by atoms with Crippen LogP contribution in [0.2, 0.25) is 0 Å². The molecule has 2 aromatic rings. The summed E-state index contributed by atoms with van der Waals surface area (Å²) in [7, 11) is 0. The first-order chi connectivity index (χ1) is 10.3. The molecule has 0 atom stereocenters. The highest BCUT2D eigenvalue weighted by Gasteiger charge is 1.97. The second kappa shape index (κ2) is 9.45. The smallest absolute Gasteiger partial charge is 0.102 e. The van der Waals surface area contributed by atoms with Crippen LogP contribution in [0.3, 0.4) is 0 Å². The lowest BCUT2D eigenvalue weighted by Crippen LogP contribution is -1.90. The Kier molecular flexibility index (Phi) is 7.15. The fraction of sp³-hybridized carbons (Fsp3) is 0.294. The van der Waals surface area contributed by atoms with Crippen LogP contribution in [0.15, 0.2) is 69.9 Å². The molecule has 1 aromatic heterocycles. The van der Waals surface area contributed by atoms with Gasteiger partial charge in [0.25, 0.3) is 0 Å². The lowest BCUT2D eigenvalue weighted by Gasteiger charge is -2.02. The lowest BCUT2D eigenvalue weighted by atomic mass is 10.1. The van der Waals surface area contributed by atoms with Gasteiger partial charge in [0.15, 0.2) is 0 Å². The van der Waals surface area contributed by atoms with E-state index < -0.39 is 0 Å². The number of allylic oxidation sites excluding steroid dienone is 1. The van der Waals surface area contributed by atoms with E-state index in [1.54, 1.807) is 12.5 Å². The summed E-state index contributed by atoms with van der Waals surface area (Å²) in [6.45, 7) is 2.58. The normalized spacial score (nSPS) is 11.8. The van der Waals surface area contributed by atoms with Gasteiger partial charge in [-0.3, -0.25) is 0 Å². The van der Waals surface area contributed by atoms with Crippen LogP contribution >= 0.6 is 12.0 Å². The first kappa shape index (κ1) is 15.9. The average molecular weight is 304 g/mol. The highest BCUT2D eigenvalue weighted by atomic mass is 32.2. The molecular weight excluding hydrogens is 284 g/mol. The van der Waals surface area contributed by atoms with Crippen molar-refractivity contribution in [2.75, 3.05) is 6.61 Å². The molecule has 112 valence electrons. The molecule has 0 radical (unpaired) electrons. The van der Waals surface area contributed by atoms with E-state index >= 15 is 0 Å². The molecule has 21 heavy (non-hydrogen) atoms. The van der Waals surface area contributed by atoms with Crippen molar-refractivity contribution in [2.45, 2.75) is 31.1 Å². The zero-order chi connectivity index (χ0) is 14.8. The third-order valence-corrected chi connectivity index (χ3v) is 3.67. The minimum absolute atomic E-state index is 0.470. The second-order valence-corrected chi connectivity index (χ2v) is 5.56. The van der Waals surface area contributed by atoms with Crippen LogP contribution in [0.1, 0.15) is 25.3 Å². The standard InChI is InChI=1S/C17H20O3S/c1-15(6-5-7-16-11-12-18-14-16)10-13-19-20-21-17-8-3-2-4-9-17/h2-4,8-12,14H,5-7,13H2,1H3/b15-10+. The molecule has 0 spiro atoms. The molecule has 1 aromatic carbocycles. The molecule has 0 saturated carbocycles. The summed E-state index contributed by atoms with van der Waals surface area (Å²) in [5.74, 6) is 0. The molecule has 3 nitrogen and oxygen atoms in total. The monoisotopic (exact) mass is 304 g/mol. The number of hydrogen-bond donors (Lipinski definition) is 0. The van der Waals surface area contributed by atoms with E-state index in [4.69, 9.17) is 13.6 Å². The maximum atomic E-state index is 5.13. The van der Waals surface area contributed by atoms with E-state index in [1.165, 1.54) is 23.2 Å². The Morgan fingerprint density at radius 2 is 2.10 bits per heavy atom. The van der Waals surface area contributed by atoms with Gasteiger partial charge < -0.3 is 4.42 Å². The van der Waals surface area contributed by atoms with Gasteiger partial charge in [0.2, 0.25) is 0 Å². The second-order valence-electron chi connectivity index (χ2n) is 4.78. The average Bonchev–Trinajstić information content (AvgIpc) is 3.01. The topological polar surface area (TPSA) is 31.6 Å². The lowest BCUT2D eigenvalue weighted by molar-refractivity contribution is -0.179. The minimum atomic E-state index is 0.470. The molecular formula is C17H20O3S. The Morgan fingerprint density at radius 1 is 1.24 bits per heavy atom. The quantitative estimate of drug-likeness (QED) is 0.209. The molecule has 0 aliphatic heterocycles. The highest BCUT2D eigenvalue weighted by molar-refractivity contribution is 7.94. The number of aryl methyl sites for hydroxylation is 1. The van der Waals surface area contributed by atoms with Gasteiger partial charge in [-0.1, -0.05) is 29.8 Å². The summed E-state index contributed by atoms with van der Waals surface area (Å²) >= 11 is 1.23. The van der Waals surface area contributed by atoms with Crippen LogP contribution in [0, 0.1) is 0 Å². The van der Waals surface area contributed by atoms with Crippen LogP contribution < -0.4 is 0 Å². The summed E-state index contributed by atoms with van der Waals surface area (Å²) < 4.78 is 10.1. The molecule has 0 N–H and O–H groups in total. The zero-order valence-corrected chi connectivity index (χ0v) is 13.0. The Balaban J connectivity index is 1.54. The van der Waals surface area contributed by atoms with Gasteiger partial charge in [-0.2, -0.15) is 4.33 Å². The fourth-order valence-corrected chi connectivity index (χ4v) is 2.30. The van der Waals surface area contributed by atoms with E-state index in [2.05, 4.69) is 13.0 Å². The molecule has 0 aliphatic rings. The molecule has 4 heteroatoms. The molecule has 0 bridgehead atoms. The molecule has 1 heterocycles. The van der Waals surface area contributed by atoms with Crippen molar-refractivity contribution in [3.05, 3.63) is 66.1 Å². The highest BCUT2D eigenvalue weighted by Crippen LogP contribution is 2.18. The Bertz CT molecular complexity index is 520. The Hall–Kier alpha value is -1.49. The number of hydrogen-bond acceptors (Lipinski definition) is 4. The van der Waals surface area contributed by atoms with E-state index in [9.17, 15) is 0 Å². The number of rotatable bonds is 9. The summed E-state index contributed by atoms with van der Waals surface area (Å²) in [5.41, 5.74) is 2.56. The van der Waals surface area contributed by atoms with Crippen molar-refractivity contribution in [1.82, 2.24) is 0 Å². The Morgan fingerprint density at radius 3 is 2.86 bits per heavy atom. The predicted molar refractivity (Wildman–Crippen MR) is 84.7 cm³/mol. The van der Waals surface area contributed by atoms with E-state index in [1.807, 2.05) is 36.4 Å². The Labute approximate surface area is 130 Å². The third kappa shape index (κ3) is 6.67. The summed E-state index contributed by atoms with van der Waals surface area (Å²) in [6.07, 6.45) is 8.79. The fourth-order valence-electron chi connectivity index (χ4n) is 1.85. The first-order valence-corrected chi connectivity index (χ1v) is 7.76. The minimum Gasteiger partial charge on any atom is -0.472 e. The van der Waals surface area contributed by atoms with Crippen molar-refractivity contribution in [3.8, 4) is 0 Å². The van der Waals surface area contributed by atoms with Crippen LogP contribution in [0.5, 0.6) is 0 Å². The number of furan rings is 1. The summed E-state index contributed by atoms with van der Waals surface area (Å²) in [6, 6.07) is 11.9. The maximum absolute atomic E-state index is 5.13. The van der Waals surface area contributed by atoms with E-state index in [0.717, 1.165) is 24.2 Å². The van der Waals surface area contributed by atoms with Crippen molar-refractivity contribution in [2.24, 2.45) is 0 Å². The number of benzene rings is 1. The van der Waals surface area contributed by atoms with E-state index in [0.29, 0.717) is 6.61 Å². The molecule has 0 unspecified atom stereocenters.